The number of hydrogen-bond donors (Lipinski definition) is 3. The number of nitrogens with zero attached hydrogens (tertiary/aromatic N) is 7. The number of pyridine rings is 1. The van der Waals surface area contributed by atoms with E-state index in [-0.39, 0.29) is 34.4 Å². The van der Waals surface area contributed by atoms with Gasteiger partial charge >= 0.3 is 18.0 Å². The average molecular weight is 651 g/mol. The monoisotopic (exact) mass is 650 g/mol. The molecule has 47 heavy (non-hydrogen) atoms. The number of fused-ring (bicyclic) bond motifs is 1. The minimum absolute atomic E-state index is 0.156. The van der Waals surface area contributed by atoms with Gasteiger partial charge in [-0.2, -0.15) is 23.3 Å². The fourth-order valence-corrected chi connectivity index (χ4v) is 4.60. The Hall–Kier alpha value is -5.38. The van der Waals surface area contributed by atoms with E-state index in [4.69, 9.17) is 4.52 Å². The number of benzene rings is 1. The molecule has 0 aliphatic rings. The van der Waals surface area contributed by atoms with Crippen molar-refractivity contribution in [3.8, 4) is 22.5 Å². The first-order chi connectivity index (χ1) is 22.1. The van der Waals surface area contributed by atoms with Crippen molar-refractivity contribution < 1.29 is 27.3 Å². The maximum absolute atomic E-state index is 14.3. The summed E-state index contributed by atoms with van der Waals surface area (Å²) in [5.74, 6) is -0.663. The highest BCUT2D eigenvalue weighted by atomic mass is 19.4. The second kappa shape index (κ2) is 12.8. The molecule has 246 valence electrons. The summed E-state index contributed by atoms with van der Waals surface area (Å²) in [7, 11) is 5.44. The maximum atomic E-state index is 14.3. The smallest absolute Gasteiger partial charge is 0.344 e. The minimum atomic E-state index is -4.73. The van der Waals surface area contributed by atoms with Crippen LogP contribution in [0.3, 0.4) is 0 Å². The number of alkyl halides is 3. The molecule has 0 aliphatic heterocycles. The highest BCUT2D eigenvalue weighted by Gasteiger charge is 2.34. The number of anilines is 1. The van der Waals surface area contributed by atoms with E-state index in [0.29, 0.717) is 34.8 Å². The molecule has 2 amide bonds. The van der Waals surface area contributed by atoms with Crippen LogP contribution in [-0.4, -0.2) is 72.2 Å². The quantitative estimate of drug-likeness (QED) is 0.192. The molecule has 0 aliphatic carbocycles. The van der Waals surface area contributed by atoms with E-state index in [1.54, 1.807) is 25.4 Å². The number of halogens is 3. The van der Waals surface area contributed by atoms with Crippen molar-refractivity contribution in [2.24, 2.45) is 7.05 Å². The molecule has 0 saturated heterocycles. The number of likely N-dealkylation sites (N-methyl/N-ethyl adjacent to an activating group) is 1. The molecular weight excluding hydrogens is 617 g/mol. The Morgan fingerprint density at radius 2 is 1.87 bits per heavy atom. The highest BCUT2D eigenvalue weighted by Crippen LogP contribution is 2.37. The summed E-state index contributed by atoms with van der Waals surface area (Å²) in [4.78, 5) is 43.0. The van der Waals surface area contributed by atoms with Gasteiger partial charge in [0.25, 0.3) is 0 Å². The third-order valence-electron chi connectivity index (χ3n) is 6.91. The van der Waals surface area contributed by atoms with Gasteiger partial charge in [0, 0.05) is 49.6 Å². The average Bonchev–Trinajstić information content (AvgIpc) is 3.73. The normalized spacial score (nSPS) is 12.4. The number of hydrogen-bond acceptors (Lipinski definition) is 9. The van der Waals surface area contributed by atoms with Gasteiger partial charge in [-0.25, -0.2) is 9.97 Å². The van der Waals surface area contributed by atoms with Crippen LogP contribution < -0.4 is 10.6 Å². The van der Waals surface area contributed by atoms with Crippen LogP contribution in [0.25, 0.3) is 33.7 Å². The lowest BCUT2D eigenvalue weighted by Crippen LogP contribution is -2.25. The molecule has 4 heterocycles. The summed E-state index contributed by atoms with van der Waals surface area (Å²) in [6.45, 7) is 5.65. The Bertz CT molecular complexity index is 1970. The molecule has 1 aromatic carbocycles. The van der Waals surface area contributed by atoms with E-state index in [0.717, 1.165) is 6.07 Å². The lowest BCUT2D eigenvalue weighted by molar-refractivity contribution is -0.138. The summed E-state index contributed by atoms with van der Waals surface area (Å²) in [6, 6.07) is 5.41. The van der Waals surface area contributed by atoms with Crippen molar-refractivity contribution in [3.05, 3.63) is 71.7 Å². The van der Waals surface area contributed by atoms with E-state index < -0.39 is 29.6 Å². The number of carbonyl (C=O) groups is 2. The van der Waals surface area contributed by atoms with Crippen molar-refractivity contribution in [2.45, 2.75) is 38.9 Å². The van der Waals surface area contributed by atoms with Crippen LogP contribution in [0.4, 0.5) is 19.0 Å². The Morgan fingerprint density at radius 1 is 1.11 bits per heavy atom. The lowest BCUT2D eigenvalue weighted by Gasteiger charge is -2.15. The SMILES string of the molecule is CN(C)C/C=C/C(=O)Nc1nn(C)cc1-c1nc2nccc(-c3ccc(CNC(=O)c4nc(C(C)(C)C)no4)c(C(F)(F)F)c3)c2[nH]1. The molecule has 0 bridgehead atoms. The van der Waals surface area contributed by atoms with Gasteiger partial charge < -0.3 is 25.0 Å². The number of rotatable bonds is 9. The van der Waals surface area contributed by atoms with Gasteiger partial charge in [-0.05, 0) is 37.4 Å². The molecule has 0 unspecified atom stereocenters. The van der Waals surface area contributed by atoms with Gasteiger partial charge in [0.05, 0.1) is 16.6 Å². The van der Waals surface area contributed by atoms with E-state index in [2.05, 4.69) is 40.8 Å². The van der Waals surface area contributed by atoms with Crippen LogP contribution in [-0.2, 0) is 30.0 Å². The zero-order valence-electron chi connectivity index (χ0n) is 26.5. The minimum Gasteiger partial charge on any atom is -0.344 e. The maximum Gasteiger partial charge on any atom is 0.416 e. The molecule has 0 radical (unpaired) electrons. The fourth-order valence-electron chi connectivity index (χ4n) is 4.60. The van der Waals surface area contributed by atoms with E-state index >= 15 is 0 Å². The van der Waals surface area contributed by atoms with Crippen molar-refractivity contribution in [1.29, 1.82) is 0 Å². The third-order valence-corrected chi connectivity index (χ3v) is 6.91. The second-order valence-electron chi connectivity index (χ2n) is 12.1. The number of H-pyrrole nitrogens is 1. The molecule has 4 aromatic heterocycles. The van der Waals surface area contributed by atoms with Crippen molar-refractivity contribution in [2.75, 3.05) is 26.0 Å². The molecule has 5 rings (SSSR count). The van der Waals surface area contributed by atoms with Crippen molar-refractivity contribution in [3.63, 3.8) is 0 Å². The van der Waals surface area contributed by atoms with Crippen LogP contribution in [0, 0.1) is 0 Å². The number of aromatic nitrogens is 7. The number of nitrogens with one attached hydrogen (secondary N) is 3. The Morgan fingerprint density at radius 3 is 2.55 bits per heavy atom. The Balaban J connectivity index is 1.43. The zero-order chi connectivity index (χ0) is 34.1. The van der Waals surface area contributed by atoms with Gasteiger partial charge in [-0.3, -0.25) is 14.3 Å². The molecule has 5 aromatic rings. The first kappa shape index (κ1) is 33.0. The third kappa shape index (κ3) is 7.54. The molecule has 3 N–H and O–H groups in total. The standard InChI is InChI=1S/C31H33F3N10O3/c1-30(2,3)29-40-28(47-42-29)27(46)36-15-18-10-9-17(14-21(18)31(32,33)34)19-11-12-35-26-23(19)38-24(39-26)20-16-44(6)41-25(20)37-22(45)8-7-13-43(4)5/h7-12,14,16H,13,15H2,1-6H3,(H,36,46)(H,35,38,39)(H,37,41,45)/b8-7+. The Labute approximate surface area is 267 Å². The first-order valence-electron chi connectivity index (χ1n) is 14.4. The van der Waals surface area contributed by atoms with Gasteiger partial charge in [-0.15, -0.1) is 0 Å². The van der Waals surface area contributed by atoms with Crippen LogP contribution in [0.2, 0.25) is 0 Å². The number of imidazole rings is 1. The van der Waals surface area contributed by atoms with E-state index in [9.17, 15) is 22.8 Å². The summed E-state index contributed by atoms with van der Waals surface area (Å²) in [6.07, 6.45) is 1.48. The number of aryl methyl sites for hydroxylation is 1. The van der Waals surface area contributed by atoms with Crippen LogP contribution in [0.1, 0.15) is 48.4 Å². The largest absolute Gasteiger partial charge is 0.416 e. The Kier molecular flexibility index (Phi) is 8.98. The zero-order valence-corrected chi connectivity index (χ0v) is 26.5. The van der Waals surface area contributed by atoms with Gasteiger partial charge in [0.15, 0.2) is 17.3 Å². The summed E-state index contributed by atoms with van der Waals surface area (Å²) < 4.78 is 49.4. The van der Waals surface area contributed by atoms with Gasteiger partial charge in [0.1, 0.15) is 5.82 Å². The lowest BCUT2D eigenvalue weighted by atomic mass is 9.96. The second-order valence-corrected chi connectivity index (χ2v) is 12.1. The molecule has 16 heteroatoms. The molecule has 0 saturated carbocycles. The summed E-state index contributed by atoms with van der Waals surface area (Å²) >= 11 is 0. The molecular formula is C31H33F3N10O3. The number of carbonyl (C=O) groups excluding carboxylic acids is 2. The summed E-state index contributed by atoms with van der Waals surface area (Å²) in [5, 5.41) is 13.3. The molecule has 13 nitrogen and oxygen atoms in total. The predicted octanol–water partition coefficient (Wildman–Crippen LogP) is 4.71. The predicted molar refractivity (Wildman–Crippen MR) is 167 cm³/mol. The highest BCUT2D eigenvalue weighted by molar-refractivity contribution is 6.01. The molecule has 0 fully saturated rings. The molecule has 0 spiro atoms. The van der Waals surface area contributed by atoms with Crippen molar-refractivity contribution >= 4 is 28.8 Å². The van der Waals surface area contributed by atoms with E-state index in [1.165, 1.54) is 29.1 Å². The number of aromatic amines is 1. The van der Waals surface area contributed by atoms with Gasteiger partial charge in [-0.1, -0.05) is 44.1 Å². The van der Waals surface area contributed by atoms with Gasteiger partial charge in [0.2, 0.25) is 5.91 Å². The van der Waals surface area contributed by atoms with E-state index in [1.807, 2.05) is 39.8 Å². The van der Waals surface area contributed by atoms with Crippen molar-refractivity contribution in [1.82, 2.24) is 45.1 Å². The topological polar surface area (TPSA) is 160 Å². The fraction of sp³-hybridized carbons (Fsp3) is 0.323. The number of amides is 2. The summed E-state index contributed by atoms with van der Waals surface area (Å²) in [5.41, 5.74) is 0.191. The van der Waals surface area contributed by atoms with Crippen LogP contribution >= 0.6 is 0 Å². The first-order valence-corrected chi connectivity index (χ1v) is 14.4. The van der Waals surface area contributed by atoms with Crippen LogP contribution in [0.5, 0.6) is 0 Å². The molecule has 0 atom stereocenters. The van der Waals surface area contributed by atoms with Crippen LogP contribution in [0.15, 0.2) is 53.3 Å².